The number of ether oxygens (including phenoxy) is 1. The van der Waals surface area contributed by atoms with Crippen molar-refractivity contribution in [3.63, 3.8) is 0 Å². The maximum Gasteiger partial charge on any atom is 0.471 e. The number of nitrogens with zero attached hydrogens (tertiary/aromatic N) is 1. The number of piperidine rings is 1. The molecule has 4 amide bonds. The van der Waals surface area contributed by atoms with E-state index in [4.69, 9.17) is 4.74 Å². The fourth-order valence-electron chi connectivity index (χ4n) is 7.14. The summed E-state index contributed by atoms with van der Waals surface area (Å²) in [5.74, 6) is -8.40. The van der Waals surface area contributed by atoms with Crippen molar-refractivity contribution >= 4 is 29.4 Å². The molecule has 2 saturated carbocycles. The van der Waals surface area contributed by atoms with Crippen LogP contribution in [-0.4, -0.2) is 77.3 Å². The molecule has 258 valence electrons. The molecule has 47 heavy (non-hydrogen) atoms. The first kappa shape index (κ1) is 34.6. The molecule has 4 fully saturated rings. The first-order valence-corrected chi connectivity index (χ1v) is 15.6. The number of hydrogen-bond acceptors (Lipinski definition) is 6. The van der Waals surface area contributed by atoms with E-state index in [1.54, 1.807) is 5.32 Å². The highest BCUT2D eigenvalue weighted by molar-refractivity contribution is 5.97. The lowest BCUT2D eigenvalue weighted by atomic mass is 9.85. The van der Waals surface area contributed by atoms with Gasteiger partial charge in [0, 0.05) is 24.1 Å². The fourth-order valence-corrected chi connectivity index (χ4v) is 7.14. The molecule has 6 atom stereocenters. The van der Waals surface area contributed by atoms with E-state index in [1.807, 2.05) is 13.8 Å². The van der Waals surface area contributed by atoms with Gasteiger partial charge in [-0.05, 0) is 60.5 Å². The Kier molecular flexibility index (Phi) is 8.62. The van der Waals surface area contributed by atoms with Crippen LogP contribution in [0.4, 0.5) is 22.0 Å². The van der Waals surface area contributed by atoms with Crippen molar-refractivity contribution in [2.24, 2.45) is 28.6 Å². The minimum absolute atomic E-state index is 0.0438. The van der Waals surface area contributed by atoms with Gasteiger partial charge in [0.15, 0.2) is 17.3 Å². The number of alkyl halides is 3. The highest BCUT2D eigenvalue weighted by Gasteiger charge is 2.70. The predicted octanol–water partition coefficient (Wildman–Crippen LogP) is 3.03. The molecule has 4 aliphatic rings. The third kappa shape index (κ3) is 6.94. The largest absolute Gasteiger partial charge is 0.483 e. The van der Waals surface area contributed by atoms with E-state index >= 15 is 0 Å². The molecule has 10 nitrogen and oxygen atoms in total. The summed E-state index contributed by atoms with van der Waals surface area (Å²) in [4.78, 5) is 67.2. The van der Waals surface area contributed by atoms with E-state index in [-0.39, 0.29) is 30.3 Å². The number of benzene rings is 1. The van der Waals surface area contributed by atoms with Gasteiger partial charge in [0.2, 0.25) is 17.7 Å². The van der Waals surface area contributed by atoms with Gasteiger partial charge in [-0.15, -0.1) is 0 Å². The topological polar surface area (TPSA) is 134 Å². The highest BCUT2D eigenvalue weighted by atomic mass is 19.4. The number of fused-ring (bicyclic) bond motifs is 1. The molecule has 2 aliphatic heterocycles. The van der Waals surface area contributed by atoms with Crippen LogP contribution in [0.2, 0.25) is 0 Å². The van der Waals surface area contributed by atoms with Crippen LogP contribution in [0.1, 0.15) is 60.3 Å². The molecule has 0 aromatic heterocycles. The minimum Gasteiger partial charge on any atom is -0.483 e. The van der Waals surface area contributed by atoms with Gasteiger partial charge in [0.25, 0.3) is 0 Å². The Hall–Kier alpha value is -3.78. The number of carbonyl (C=O) groups excluding carboxylic acids is 5. The van der Waals surface area contributed by atoms with Crippen molar-refractivity contribution in [1.29, 1.82) is 0 Å². The molecule has 3 N–H and O–H groups in total. The van der Waals surface area contributed by atoms with Crippen LogP contribution in [-0.2, 0) is 24.0 Å². The second-order valence-corrected chi connectivity index (χ2v) is 15.0. The number of nitrogens with one attached hydrogen (secondary N) is 3. The van der Waals surface area contributed by atoms with Crippen LogP contribution in [0.25, 0.3) is 0 Å². The van der Waals surface area contributed by atoms with E-state index in [1.165, 1.54) is 20.8 Å². The highest BCUT2D eigenvalue weighted by Crippen LogP contribution is 2.65. The third-order valence-corrected chi connectivity index (χ3v) is 10.1. The summed E-state index contributed by atoms with van der Waals surface area (Å²) >= 11 is 0. The summed E-state index contributed by atoms with van der Waals surface area (Å²) in [6.07, 6.45) is -3.35. The quantitative estimate of drug-likeness (QED) is 0.328. The van der Waals surface area contributed by atoms with Crippen LogP contribution in [0, 0.1) is 40.2 Å². The Morgan fingerprint density at radius 1 is 1.09 bits per heavy atom. The first-order valence-electron chi connectivity index (χ1n) is 15.6. The van der Waals surface area contributed by atoms with Gasteiger partial charge in [-0.2, -0.15) is 13.2 Å². The van der Waals surface area contributed by atoms with E-state index < -0.39 is 94.5 Å². The molecule has 2 saturated heterocycles. The first-order chi connectivity index (χ1) is 21.6. The molecular formula is C32H39F5N4O6. The van der Waals surface area contributed by atoms with Gasteiger partial charge in [0.1, 0.15) is 24.5 Å². The zero-order valence-corrected chi connectivity index (χ0v) is 26.7. The number of hydrogen-bond donors (Lipinski definition) is 3. The van der Waals surface area contributed by atoms with Crippen LogP contribution in [0.5, 0.6) is 5.75 Å². The Bertz CT molecular complexity index is 1490. The SMILES string of the molecule is CC(C)(C)[C@H](NC(=O)C(F)(F)F)C(=O)N1C[C@H]2[C@@H]([C@H]1C(=O)N[C@@H](C[C@@H]1CC3(CC3)NC1=O)C(=O)COc1ccc(F)cc1F)C2(C)C. The molecule has 2 aliphatic carbocycles. The van der Waals surface area contributed by atoms with E-state index in [0.29, 0.717) is 12.5 Å². The van der Waals surface area contributed by atoms with Crippen molar-refractivity contribution in [2.45, 2.75) is 90.1 Å². The molecule has 0 unspecified atom stereocenters. The van der Waals surface area contributed by atoms with Gasteiger partial charge in [-0.1, -0.05) is 34.6 Å². The van der Waals surface area contributed by atoms with Crippen LogP contribution >= 0.6 is 0 Å². The molecule has 0 bridgehead atoms. The van der Waals surface area contributed by atoms with Crippen molar-refractivity contribution < 1.29 is 50.7 Å². The smallest absolute Gasteiger partial charge is 0.471 e. The molecule has 1 aromatic carbocycles. The van der Waals surface area contributed by atoms with E-state index in [0.717, 1.165) is 29.9 Å². The van der Waals surface area contributed by atoms with Gasteiger partial charge < -0.3 is 25.6 Å². The molecule has 0 radical (unpaired) electrons. The maximum atomic E-state index is 14.2. The average molecular weight is 671 g/mol. The molecule has 1 aromatic rings. The standard InChI is InChI=1S/C32H39F5N4O6/c1-29(2,3)24(39-28(46)32(35,36)37)27(45)41-13-17-22(30(17,4)5)23(41)26(44)38-19(10-15-12-31(8-9-31)40-25(15)43)20(42)14-47-21-7-6-16(33)11-18(21)34/h6-7,11,15,17,19,22-24H,8-10,12-14H2,1-5H3,(H,38,44)(H,39,46)(H,40,43)/t15-,17+,19+,22+,23+,24-/m1/s1. The monoisotopic (exact) mass is 670 g/mol. The molecule has 1 spiro atoms. The Morgan fingerprint density at radius 2 is 1.74 bits per heavy atom. The van der Waals surface area contributed by atoms with Gasteiger partial charge in [-0.3, -0.25) is 24.0 Å². The Labute approximate surface area is 268 Å². The lowest BCUT2D eigenvalue weighted by Crippen LogP contribution is -2.61. The molecular weight excluding hydrogens is 631 g/mol. The van der Waals surface area contributed by atoms with Crippen molar-refractivity contribution in [3.05, 3.63) is 29.8 Å². The van der Waals surface area contributed by atoms with Crippen molar-refractivity contribution in [2.75, 3.05) is 13.2 Å². The summed E-state index contributed by atoms with van der Waals surface area (Å²) in [5.41, 5.74) is -1.91. The summed E-state index contributed by atoms with van der Waals surface area (Å²) in [6.45, 7) is 7.56. The molecule has 2 heterocycles. The lowest BCUT2D eigenvalue weighted by molar-refractivity contribution is -0.176. The summed E-state index contributed by atoms with van der Waals surface area (Å²) < 4.78 is 72.4. The predicted molar refractivity (Wildman–Crippen MR) is 155 cm³/mol. The summed E-state index contributed by atoms with van der Waals surface area (Å²) in [6, 6.07) is -1.58. The van der Waals surface area contributed by atoms with E-state index in [9.17, 15) is 45.9 Å². The second kappa shape index (κ2) is 11.7. The molecule has 5 rings (SSSR count). The molecule has 15 heteroatoms. The summed E-state index contributed by atoms with van der Waals surface area (Å²) in [5, 5.41) is 7.40. The number of carbonyl (C=O) groups is 5. The zero-order chi connectivity index (χ0) is 34.9. The number of Topliss-reactive ketones (excluding diaryl/α,β-unsaturated/α-hetero) is 1. The van der Waals surface area contributed by atoms with E-state index in [2.05, 4.69) is 10.6 Å². The minimum atomic E-state index is -5.24. The fraction of sp³-hybridized carbons (Fsp3) is 0.656. The normalized spacial score (nSPS) is 26.6. The Balaban J connectivity index is 1.38. The zero-order valence-electron chi connectivity index (χ0n) is 26.7. The van der Waals surface area contributed by atoms with Crippen molar-refractivity contribution in [3.8, 4) is 5.75 Å². The van der Waals surface area contributed by atoms with Crippen LogP contribution in [0.3, 0.4) is 0 Å². The van der Waals surface area contributed by atoms with Gasteiger partial charge in [-0.25, -0.2) is 8.78 Å². The van der Waals surface area contributed by atoms with Gasteiger partial charge >= 0.3 is 12.1 Å². The van der Waals surface area contributed by atoms with Crippen LogP contribution in [0.15, 0.2) is 18.2 Å². The number of ketones is 1. The second-order valence-electron chi connectivity index (χ2n) is 15.0. The number of rotatable bonds is 10. The third-order valence-electron chi connectivity index (χ3n) is 10.1. The number of amides is 4. The Morgan fingerprint density at radius 3 is 2.30 bits per heavy atom. The van der Waals surface area contributed by atoms with Crippen LogP contribution < -0.4 is 20.7 Å². The number of halogens is 5. The lowest BCUT2D eigenvalue weighted by Gasteiger charge is -2.38. The average Bonchev–Trinajstić information content (AvgIpc) is 3.67. The maximum absolute atomic E-state index is 14.2. The van der Waals surface area contributed by atoms with Crippen molar-refractivity contribution in [1.82, 2.24) is 20.9 Å². The van der Waals surface area contributed by atoms with Gasteiger partial charge in [0.05, 0.1) is 6.04 Å². The summed E-state index contributed by atoms with van der Waals surface area (Å²) in [7, 11) is 0. The number of likely N-dealkylation sites (tertiary alicyclic amines) is 1.